The molecular formula is C18H32N2O4. The van der Waals surface area contributed by atoms with E-state index in [1.165, 1.54) is 24.2 Å². The first kappa shape index (κ1) is 18.0. The monoisotopic (exact) mass is 340 g/mol. The average molecular weight is 340 g/mol. The summed E-state index contributed by atoms with van der Waals surface area (Å²) in [6.45, 7) is 4.05. The Bertz CT molecular complexity index is 446. The summed E-state index contributed by atoms with van der Waals surface area (Å²) in [5, 5.41) is 23.7. The van der Waals surface area contributed by atoms with E-state index in [2.05, 4.69) is 5.32 Å². The fraction of sp³-hybridized carbons (Fsp3) is 0.944. The molecule has 6 heteroatoms. The Morgan fingerprint density at radius 1 is 1.25 bits per heavy atom. The zero-order valence-electron chi connectivity index (χ0n) is 14.9. The van der Waals surface area contributed by atoms with Gasteiger partial charge in [0.2, 0.25) is 0 Å². The highest BCUT2D eigenvalue weighted by Gasteiger charge is 2.52. The van der Waals surface area contributed by atoms with Crippen LogP contribution >= 0.6 is 0 Å². The number of amides is 1. The summed E-state index contributed by atoms with van der Waals surface area (Å²) in [4.78, 5) is 13.3. The summed E-state index contributed by atoms with van der Waals surface area (Å²) in [7, 11) is 0. The number of aliphatic hydroxyl groups excluding tert-OH is 1. The van der Waals surface area contributed by atoms with Crippen molar-refractivity contribution in [2.45, 2.75) is 95.2 Å². The van der Waals surface area contributed by atoms with E-state index in [4.69, 9.17) is 4.74 Å². The van der Waals surface area contributed by atoms with Gasteiger partial charge in [-0.05, 0) is 39.0 Å². The highest BCUT2D eigenvalue weighted by Crippen LogP contribution is 2.39. The van der Waals surface area contributed by atoms with Crippen molar-refractivity contribution < 1.29 is 19.7 Å². The van der Waals surface area contributed by atoms with Gasteiger partial charge in [0.25, 0.3) is 0 Å². The molecule has 0 aromatic heterocycles. The predicted octanol–water partition coefficient (Wildman–Crippen LogP) is 2.55. The maximum absolute atomic E-state index is 11.9. The molecule has 1 amide bonds. The number of carbonyl (C=O) groups is 1. The van der Waals surface area contributed by atoms with Crippen molar-refractivity contribution in [3.05, 3.63) is 0 Å². The molecule has 138 valence electrons. The lowest BCUT2D eigenvalue weighted by molar-refractivity contribution is -0.0968. The first-order valence-corrected chi connectivity index (χ1v) is 9.50. The van der Waals surface area contributed by atoms with Crippen LogP contribution in [0.3, 0.4) is 0 Å². The Labute approximate surface area is 144 Å². The first-order valence-electron chi connectivity index (χ1n) is 9.50. The average Bonchev–Trinajstić information content (AvgIpc) is 3.30. The van der Waals surface area contributed by atoms with Crippen molar-refractivity contribution in [3.63, 3.8) is 0 Å². The van der Waals surface area contributed by atoms with Crippen LogP contribution < -0.4 is 5.32 Å². The van der Waals surface area contributed by atoms with Crippen LogP contribution in [0.25, 0.3) is 0 Å². The third-order valence-electron chi connectivity index (χ3n) is 5.79. The molecule has 1 unspecified atom stereocenters. The van der Waals surface area contributed by atoms with Gasteiger partial charge < -0.3 is 20.3 Å². The largest absolute Gasteiger partial charge is 0.465 e. The van der Waals surface area contributed by atoms with Crippen LogP contribution in [0.5, 0.6) is 0 Å². The van der Waals surface area contributed by atoms with Crippen molar-refractivity contribution in [2.24, 2.45) is 5.92 Å². The molecule has 2 saturated carbocycles. The number of aliphatic hydroxyl groups is 1. The quantitative estimate of drug-likeness (QED) is 0.692. The SMILES string of the molecule is CC1(C)O[C@H](C(O)CNC2CC2)[C@H](CC2CCCCC2)N1C(=O)O. The lowest BCUT2D eigenvalue weighted by atomic mass is 9.83. The second-order valence-corrected chi connectivity index (χ2v) is 8.24. The lowest BCUT2D eigenvalue weighted by Gasteiger charge is -2.34. The standard InChI is InChI=1S/C18H32N2O4/c1-18(2)20(17(22)23)14(10-12-6-4-3-5-7-12)16(24-18)15(21)11-19-13-8-9-13/h12-16,19,21H,3-11H2,1-2H3,(H,22,23)/t14-,15?,16-/m0/s1. The van der Waals surface area contributed by atoms with E-state index < -0.39 is 24.0 Å². The summed E-state index contributed by atoms with van der Waals surface area (Å²) in [5.41, 5.74) is -0.892. The zero-order chi connectivity index (χ0) is 17.3. The van der Waals surface area contributed by atoms with E-state index in [-0.39, 0.29) is 6.04 Å². The summed E-state index contributed by atoms with van der Waals surface area (Å²) in [6.07, 6.45) is 7.09. The molecule has 0 radical (unpaired) electrons. The van der Waals surface area contributed by atoms with Crippen LogP contribution in [0, 0.1) is 5.92 Å². The van der Waals surface area contributed by atoms with Gasteiger partial charge in [0.05, 0.1) is 12.1 Å². The van der Waals surface area contributed by atoms with Gasteiger partial charge in [-0.15, -0.1) is 0 Å². The molecule has 3 rings (SSSR count). The molecule has 0 spiro atoms. The van der Waals surface area contributed by atoms with Gasteiger partial charge in [0.15, 0.2) is 0 Å². The summed E-state index contributed by atoms with van der Waals surface area (Å²) < 4.78 is 6.05. The molecular weight excluding hydrogens is 308 g/mol. The molecule has 3 fully saturated rings. The maximum Gasteiger partial charge on any atom is 0.409 e. The summed E-state index contributed by atoms with van der Waals surface area (Å²) >= 11 is 0. The molecule has 0 bridgehead atoms. The normalized spacial score (nSPS) is 32.0. The number of nitrogens with zero attached hydrogens (tertiary/aromatic N) is 1. The van der Waals surface area contributed by atoms with Crippen molar-refractivity contribution in [3.8, 4) is 0 Å². The maximum atomic E-state index is 11.9. The minimum atomic E-state index is -0.953. The number of hydrogen-bond donors (Lipinski definition) is 3. The van der Waals surface area contributed by atoms with E-state index >= 15 is 0 Å². The van der Waals surface area contributed by atoms with Crippen LogP contribution in [-0.4, -0.2) is 57.8 Å². The van der Waals surface area contributed by atoms with Crippen molar-refractivity contribution in [1.82, 2.24) is 10.2 Å². The van der Waals surface area contributed by atoms with Crippen molar-refractivity contribution >= 4 is 6.09 Å². The summed E-state index contributed by atoms with van der Waals surface area (Å²) in [5.74, 6) is 0.536. The molecule has 0 aromatic carbocycles. The molecule has 0 aromatic rings. The van der Waals surface area contributed by atoms with Gasteiger partial charge >= 0.3 is 6.09 Å². The van der Waals surface area contributed by atoms with Crippen LogP contribution in [0.15, 0.2) is 0 Å². The van der Waals surface area contributed by atoms with Gasteiger partial charge in [-0.3, -0.25) is 4.90 Å². The Morgan fingerprint density at radius 3 is 2.50 bits per heavy atom. The molecule has 1 heterocycles. The molecule has 3 aliphatic rings. The fourth-order valence-electron chi connectivity index (χ4n) is 4.42. The van der Waals surface area contributed by atoms with E-state index in [0.29, 0.717) is 18.5 Å². The van der Waals surface area contributed by atoms with Crippen LogP contribution in [-0.2, 0) is 4.74 Å². The molecule has 3 atom stereocenters. The van der Waals surface area contributed by atoms with Gasteiger partial charge in [-0.1, -0.05) is 32.1 Å². The van der Waals surface area contributed by atoms with E-state index in [1.807, 2.05) is 0 Å². The van der Waals surface area contributed by atoms with Crippen molar-refractivity contribution in [1.29, 1.82) is 0 Å². The minimum absolute atomic E-state index is 0.267. The highest BCUT2D eigenvalue weighted by atomic mass is 16.6. The zero-order valence-corrected chi connectivity index (χ0v) is 14.9. The Kier molecular flexibility index (Phi) is 5.37. The van der Waals surface area contributed by atoms with Crippen molar-refractivity contribution in [2.75, 3.05) is 6.54 Å². The molecule has 24 heavy (non-hydrogen) atoms. The summed E-state index contributed by atoms with van der Waals surface area (Å²) in [6, 6.07) is 0.248. The smallest absolute Gasteiger partial charge is 0.409 e. The predicted molar refractivity (Wildman–Crippen MR) is 90.8 cm³/mol. The highest BCUT2D eigenvalue weighted by molar-refractivity contribution is 5.67. The van der Waals surface area contributed by atoms with Gasteiger partial charge in [0, 0.05) is 12.6 Å². The second kappa shape index (κ2) is 7.18. The van der Waals surface area contributed by atoms with Crippen LogP contribution in [0.2, 0.25) is 0 Å². The molecule has 2 aliphatic carbocycles. The molecule has 1 aliphatic heterocycles. The first-order chi connectivity index (χ1) is 11.4. The van der Waals surface area contributed by atoms with Crippen LogP contribution in [0.4, 0.5) is 4.79 Å². The topological polar surface area (TPSA) is 82.0 Å². The molecule has 1 saturated heterocycles. The Balaban J connectivity index is 1.71. The number of ether oxygens (including phenoxy) is 1. The number of rotatable bonds is 6. The third kappa shape index (κ3) is 4.03. The number of carboxylic acid groups (broad SMARTS) is 1. The second-order valence-electron chi connectivity index (χ2n) is 8.24. The number of nitrogens with one attached hydrogen (secondary N) is 1. The van der Waals surface area contributed by atoms with Crippen LogP contribution in [0.1, 0.15) is 65.2 Å². The third-order valence-corrected chi connectivity index (χ3v) is 5.79. The fourth-order valence-corrected chi connectivity index (χ4v) is 4.42. The Hall–Kier alpha value is -0.850. The van der Waals surface area contributed by atoms with Gasteiger partial charge in [-0.2, -0.15) is 0 Å². The van der Waals surface area contributed by atoms with Gasteiger partial charge in [-0.25, -0.2) is 4.79 Å². The molecule has 6 nitrogen and oxygen atoms in total. The number of hydrogen-bond acceptors (Lipinski definition) is 4. The Morgan fingerprint density at radius 2 is 1.92 bits per heavy atom. The lowest BCUT2D eigenvalue weighted by Crippen LogP contribution is -2.50. The minimum Gasteiger partial charge on any atom is -0.465 e. The van der Waals surface area contributed by atoms with E-state index in [0.717, 1.165) is 32.1 Å². The van der Waals surface area contributed by atoms with E-state index in [1.54, 1.807) is 13.8 Å². The molecule has 3 N–H and O–H groups in total. The van der Waals surface area contributed by atoms with Gasteiger partial charge in [0.1, 0.15) is 11.8 Å². The van der Waals surface area contributed by atoms with E-state index in [9.17, 15) is 15.0 Å².